The molecule has 0 amide bonds. The molecule has 0 aliphatic heterocycles. The maximum atomic E-state index is 11.8. The Kier molecular flexibility index (Phi) is 23.4. The number of phosphoric acid groups is 1. The van der Waals surface area contributed by atoms with Gasteiger partial charge < -0.3 is 20.5 Å². The summed E-state index contributed by atoms with van der Waals surface area (Å²) in [5, 5.41) is 8.78. The van der Waals surface area contributed by atoms with Crippen molar-refractivity contribution in [3.05, 3.63) is 0 Å². The van der Waals surface area contributed by atoms with Crippen molar-refractivity contribution >= 4 is 19.8 Å². The van der Waals surface area contributed by atoms with Crippen molar-refractivity contribution in [3.63, 3.8) is 0 Å². The third kappa shape index (κ3) is 23.8. The van der Waals surface area contributed by atoms with Crippen LogP contribution in [0.15, 0.2) is 0 Å². The van der Waals surface area contributed by atoms with Gasteiger partial charge in [0.15, 0.2) is 0 Å². The minimum absolute atomic E-state index is 0.102. The molecule has 37 heavy (non-hydrogen) atoms. The van der Waals surface area contributed by atoms with E-state index in [9.17, 15) is 19.0 Å². The fourth-order valence-electron chi connectivity index (χ4n) is 3.97. The number of esters is 1. The minimum atomic E-state index is -4.41. The summed E-state index contributed by atoms with van der Waals surface area (Å²) in [7, 11) is -4.41. The number of carbonyl (C=O) groups excluding carboxylic acids is 1. The number of hydrogen-bond acceptors (Lipinski definition) is 7. The topological polar surface area (TPSA) is 145 Å². The quantitative estimate of drug-likeness (QED) is 0.0564. The molecule has 4 N–H and O–H groups in total. The summed E-state index contributed by atoms with van der Waals surface area (Å²) in [4.78, 5) is 32.2. The fraction of sp³-hybridized carbons (Fsp3) is 0.926. The summed E-state index contributed by atoms with van der Waals surface area (Å²) in [5.41, 5.74) is 5.33. The van der Waals surface area contributed by atoms with Crippen molar-refractivity contribution in [1.82, 2.24) is 0 Å². The molecule has 0 aromatic carbocycles. The third-order valence-corrected chi connectivity index (χ3v) is 7.49. The molecule has 0 fully saturated rings. The Labute approximate surface area is 224 Å². The third-order valence-electron chi connectivity index (χ3n) is 6.38. The van der Waals surface area contributed by atoms with Gasteiger partial charge in [0.1, 0.15) is 6.04 Å². The number of aliphatic carboxylic acids is 1. The molecule has 0 aromatic rings. The van der Waals surface area contributed by atoms with Gasteiger partial charge in [-0.1, -0.05) is 103 Å². The maximum absolute atomic E-state index is 11.8. The lowest BCUT2D eigenvalue weighted by Crippen LogP contribution is -2.41. The number of unbranched alkanes of at least 4 members (excludes halogenated alkanes) is 16. The Morgan fingerprint density at radius 3 is 1.65 bits per heavy atom. The second kappa shape index (κ2) is 24.1. The van der Waals surface area contributed by atoms with Crippen molar-refractivity contribution < 1.29 is 37.9 Å². The number of rotatable bonds is 27. The Hall–Kier alpha value is -0.990. The largest absolute Gasteiger partial charge is 0.480 e. The van der Waals surface area contributed by atoms with Crippen LogP contribution < -0.4 is 5.73 Å². The monoisotopic (exact) mass is 551 g/mol. The van der Waals surface area contributed by atoms with Crippen molar-refractivity contribution in [2.75, 3.05) is 13.2 Å². The van der Waals surface area contributed by atoms with Crippen LogP contribution in [0.4, 0.5) is 0 Å². The number of phosphoric ester groups is 1. The normalized spacial score (nSPS) is 14.7. The molecule has 0 aromatic heterocycles. The van der Waals surface area contributed by atoms with Gasteiger partial charge in [0, 0.05) is 6.42 Å². The number of carbonyl (C=O) groups is 2. The van der Waals surface area contributed by atoms with Crippen LogP contribution in [0.2, 0.25) is 0 Å². The van der Waals surface area contributed by atoms with E-state index in [2.05, 4.69) is 6.92 Å². The number of nitrogens with two attached hydrogens (primary N) is 1. The molecule has 3 atom stereocenters. The van der Waals surface area contributed by atoms with E-state index < -0.39 is 25.9 Å². The van der Waals surface area contributed by atoms with E-state index in [1.807, 2.05) is 0 Å². The standard InChI is InChI=1S/C27H54NO8P/c1-3-4-5-6-7-8-9-10-11-12-13-14-15-16-17-19-22-34-25(29)21-18-20-23-35-37(32,33)36-24(2)26(28)27(30)31/h24,26H,3-23,28H2,1-2H3,(H,30,31)(H,32,33)/t24-,26+/m1/s1. The molecule has 0 heterocycles. The van der Waals surface area contributed by atoms with E-state index in [-0.39, 0.29) is 19.0 Å². The lowest BCUT2D eigenvalue weighted by atomic mass is 10.0. The van der Waals surface area contributed by atoms with E-state index in [0.717, 1.165) is 12.8 Å². The van der Waals surface area contributed by atoms with Gasteiger partial charge in [-0.15, -0.1) is 0 Å². The predicted octanol–water partition coefficient (Wildman–Crippen LogP) is 6.90. The lowest BCUT2D eigenvalue weighted by molar-refractivity contribution is -0.144. The second-order valence-corrected chi connectivity index (χ2v) is 11.4. The molecule has 220 valence electrons. The molecule has 0 bridgehead atoms. The molecule has 0 radical (unpaired) electrons. The summed E-state index contributed by atoms with van der Waals surface area (Å²) >= 11 is 0. The van der Waals surface area contributed by atoms with Gasteiger partial charge in [-0.2, -0.15) is 0 Å². The molecular formula is C27H54NO8P. The minimum Gasteiger partial charge on any atom is -0.480 e. The van der Waals surface area contributed by atoms with Gasteiger partial charge in [-0.05, 0) is 26.2 Å². The highest BCUT2D eigenvalue weighted by Gasteiger charge is 2.30. The van der Waals surface area contributed by atoms with Crippen LogP contribution in [-0.2, 0) is 27.9 Å². The number of carboxylic acids is 1. The van der Waals surface area contributed by atoms with Crippen molar-refractivity contribution in [2.24, 2.45) is 5.73 Å². The molecule has 0 saturated heterocycles. The first-order valence-corrected chi connectivity index (χ1v) is 16.0. The van der Waals surface area contributed by atoms with E-state index >= 15 is 0 Å². The Balaban J connectivity index is 3.45. The molecular weight excluding hydrogens is 497 g/mol. The van der Waals surface area contributed by atoms with Crippen LogP contribution in [0.25, 0.3) is 0 Å². The molecule has 0 aliphatic rings. The number of carboxylic acid groups (broad SMARTS) is 1. The molecule has 10 heteroatoms. The summed E-state index contributed by atoms with van der Waals surface area (Å²) in [6.45, 7) is 3.86. The fourth-order valence-corrected chi connectivity index (χ4v) is 4.94. The first kappa shape index (κ1) is 36.0. The van der Waals surface area contributed by atoms with Crippen LogP contribution in [-0.4, -0.2) is 47.3 Å². The van der Waals surface area contributed by atoms with Gasteiger partial charge in [0.2, 0.25) is 0 Å². The average molecular weight is 552 g/mol. The Bertz CT molecular complexity index is 619. The molecule has 1 unspecified atom stereocenters. The zero-order valence-corrected chi connectivity index (χ0v) is 24.3. The highest BCUT2D eigenvalue weighted by atomic mass is 31.2. The Morgan fingerprint density at radius 2 is 1.19 bits per heavy atom. The van der Waals surface area contributed by atoms with Crippen LogP contribution in [0.5, 0.6) is 0 Å². The molecule has 0 saturated carbocycles. The summed E-state index contributed by atoms with van der Waals surface area (Å²) < 4.78 is 26.6. The zero-order valence-electron chi connectivity index (χ0n) is 23.4. The van der Waals surface area contributed by atoms with Crippen molar-refractivity contribution in [3.8, 4) is 0 Å². The summed E-state index contributed by atoms with van der Waals surface area (Å²) in [6, 6.07) is -1.44. The molecule has 0 spiro atoms. The van der Waals surface area contributed by atoms with E-state index in [4.69, 9.17) is 24.6 Å². The van der Waals surface area contributed by atoms with E-state index in [1.165, 1.54) is 96.8 Å². The van der Waals surface area contributed by atoms with E-state index in [0.29, 0.717) is 19.4 Å². The van der Waals surface area contributed by atoms with Crippen LogP contribution in [0.3, 0.4) is 0 Å². The first-order valence-electron chi connectivity index (χ1n) is 14.5. The second-order valence-electron chi connectivity index (χ2n) is 9.96. The SMILES string of the molecule is CCCCCCCCCCCCCCCCCCOC(=O)CCCCOP(=O)(O)O[C@H](C)[C@H](N)C(=O)O. The highest BCUT2D eigenvalue weighted by Crippen LogP contribution is 2.45. The van der Waals surface area contributed by atoms with E-state index in [1.54, 1.807) is 0 Å². The van der Waals surface area contributed by atoms with Crippen molar-refractivity contribution in [2.45, 2.75) is 148 Å². The number of ether oxygens (including phenoxy) is 1. The number of hydrogen-bond donors (Lipinski definition) is 3. The average Bonchev–Trinajstić information content (AvgIpc) is 2.84. The van der Waals surface area contributed by atoms with Crippen LogP contribution in [0.1, 0.15) is 136 Å². The smallest absolute Gasteiger partial charge is 0.472 e. The summed E-state index contributed by atoms with van der Waals surface area (Å²) in [6.07, 6.45) is 20.6. The van der Waals surface area contributed by atoms with Crippen LogP contribution in [0, 0.1) is 0 Å². The molecule has 0 rings (SSSR count). The van der Waals surface area contributed by atoms with Gasteiger partial charge in [0.25, 0.3) is 0 Å². The van der Waals surface area contributed by atoms with Gasteiger partial charge in [0.05, 0.1) is 19.3 Å². The molecule has 9 nitrogen and oxygen atoms in total. The van der Waals surface area contributed by atoms with Gasteiger partial charge >= 0.3 is 19.8 Å². The Morgan fingerprint density at radius 1 is 0.757 bits per heavy atom. The van der Waals surface area contributed by atoms with Crippen LogP contribution >= 0.6 is 7.82 Å². The molecule has 0 aliphatic carbocycles. The zero-order chi connectivity index (χ0) is 27.8. The summed E-state index contributed by atoms with van der Waals surface area (Å²) in [5.74, 6) is -1.63. The predicted molar refractivity (Wildman–Crippen MR) is 146 cm³/mol. The highest BCUT2D eigenvalue weighted by molar-refractivity contribution is 7.47. The first-order chi connectivity index (χ1) is 17.7. The van der Waals surface area contributed by atoms with Gasteiger partial charge in [-0.25, -0.2) is 4.57 Å². The maximum Gasteiger partial charge on any atom is 0.472 e. The van der Waals surface area contributed by atoms with Crippen molar-refractivity contribution in [1.29, 1.82) is 0 Å². The lowest BCUT2D eigenvalue weighted by Gasteiger charge is -2.19. The van der Waals surface area contributed by atoms with Gasteiger partial charge in [-0.3, -0.25) is 18.6 Å².